The van der Waals surface area contributed by atoms with Crippen LogP contribution < -0.4 is 5.32 Å². The van der Waals surface area contributed by atoms with E-state index in [0.29, 0.717) is 25.9 Å². The predicted octanol–water partition coefficient (Wildman–Crippen LogP) is 17.5. The van der Waals surface area contributed by atoms with Crippen molar-refractivity contribution in [1.29, 1.82) is 0 Å². The highest BCUT2D eigenvalue weighted by Gasteiger charge is 2.20. The number of hydrogen-bond acceptors (Lipinski definition) is 5. The number of carbonyl (C=O) groups is 2. The molecule has 0 bridgehead atoms. The van der Waals surface area contributed by atoms with Crippen molar-refractivity contribution in [2.75, 3.05) is 13.2 Å². The molecule has 2 unspecified atom stereocenters. The van der Waals surface area contributed by atoms with Crippen LogP contribution in [0.25, 0.3) is 0 Å². The van der Waals surface area contributed by atoms with Crippen LogP contribution in [0.1, 0.15) is 328 Å². The third-order valence-electron chi connectivity index (χ3n) is 13.7. The van der Waals surface area contributed by atoms with Crippen molar-refractivity contribution in [3.8, 4) is 0 Å². The van der Waals surface area contributed by atoms with E-state index in [9.17, 15) is 19.8 Å². The standard InChI is InChI=1S/C57H113NO5/c1-3-5-7-9-11-13-15-16-23-27-31-35-39-43-47-51-57(62)63-52-48-44-40-36-32-28-25-22-20-18-17-19-21-24-26-30-34-38-42-46-50-56(61)58-54(53-59)55(60)49-45-41-37-33-29-14-12-10-8-6-4-2/h54-55,59-60H,3-53H2,1-2H3,(H,58,61). The molecule has 3 N–H and O–H groups in total. The number of amides is 1. The highest BCUT2D eigenvalue weighted by molar-refractivity contribution is 5.76. The van der Waals surface area contributed by atoms with E-state index in [4.69, 9.17) is 4.74 Å². The summed E-state index contributed by atoms with van der Waals surface area (Å²) in [6, 6.07) is -0.540. The maximum absolute atomic E-state index is 12.4. The zero-order valence-corrected chi connectivity index (χ0v) is 42.8. The Morgan fingerprint density at radius 1 is 0.381 bits per heavy atom. The molecule has 0 spiro atoms. The number of hydrogen-bond donors (Lipinski definition) is 3. The van der Waals surface area contributed by atoms with Crippen molar-refractivity contribution in [1.82, 2.24) is 5.32 Å². The van der Waals surface area contributed by atoms with Crippen LogP contribution in [-0.4, -0.2) is 47.4 Å². The lowest BCUT2D eigenvalue weighted by Crippen LogP contribution is -2.45. The number of aliphatic hydroxyl groups excluding tert-OH is 2. The second kappa shape index (κ2) is 53.5. The molecular formula is C57H113NO5. The van der Waals surface area contributed by atoms with Gasteiger partial charge in [-0.1, -0.05) is 290 Å². The average Bonchev–Trinajstić information content (AvgIpc) is 3.28. The Balaban J connectivity index is 3.35. The molecule has 376 valence electrons. The molecule has 1 amide bonds. The van der Waals surface area contributed by atoms with Crippen molar-refractivity contribution in [3.63, 3.8) is 0 Å². The summed E-state index contributed by atoms with van der Waals surface area (Å²) in [5.74, 6) is -0.0219. The SMILES string of the molecule is CCCCCCCCCCCCCCCCCC(=O)OCCCCCCCCCCCCCCCCCCCCCCC(=O)NC(CO)C(O)CCCCCCCCCCCCC. The van der Waals surface area contributed by atoms with Gasteiger partial charge in [-0.25, -0.2) is 0 Å². The lowest BCUT2D eigenvalue weighted by Gasteiger charge is -2.22. The Bertz CT molecular complexity index is 898. The first-order valence-electron chi connectivity index (χ1n) is 28.8. The van der Waals surface area contributed by atoms with E-state index in [1.807, 2.05) is 0 Å². The Morgan fingerprint density at radius 2 is 0.651 bits per heavy atom. The molecule has 0 heterocycles. The normalized spacial score (nSPS) is 12.5. The quantitative estimate of drug-likeness (QED) is 0.0418. The third-order valence-corrected chi connectivity index (χ3v) is 13.7. The molecule has 0 saturated carbocycles. The minimum atomic E-state index is -0.662. The van der Waals surface area contributed by atoms with Crippen LogP contribution >= 0.6 is 0 Å². The molecule has 0 aliphatic heterocycles. The van der Waals surface area contributed by atoms with E-state index in [1.165, 1.54) is 257 Å². The van der Waals surface area contributed by atoms with E-state index in [1.54, 1.807) is 0 Å². The summed E-state index contributed by atoms with van der Waals surface area (Å²) >= 11 is 0. The van der Waals surface area contributed by atoms with Gasteiger partial charge in [0.05, 0.1) is 25.4 Å². The molecule has 6 heteroatoms. The number of esters is 1. The molecular weight excluding hydrogens is 779 g/mol. The van der Waals surface area contributed by atoms with Gasteiger partial charge in [-0.15, -0.1) is 0 Å². The van der Waals surface area contributed by atoms with E-state index >= 15 is 0 Å². The van der Waals surface area contributed by atoms with Gasteiger partial charge in [-0.3, -0.25) is 9.59 Å². The highest BCUT2D eigenvalue weighted by atomic mass is 16.5. The molecule has 0 aromatic rings. The number of ether oxygens (including phenoxy) is 1. The Kier molecular flexibility index (Phi) is 52.5. The molecule has 0 saturated heterocycles. The van der Waals surface area contributed by atoms with E-state index < -0.39 is 12.1 Å². The van der Waals surface area contributed by atoms with E-state index in [2.05, 4.69) is 19.2 Å². The molecule has 0 radical (unpaired) electrons. The number of carbonyl (C=O) groups excluding carboxylic acids is 2. The Hall–Kier alpha value is -1.14. The van der Waals surface area contributed by atoms with Gasteiger partial charge in [0.1, 0.15) is 0 Å². The van der Waals surface area contributed by atoms with E-state index in [0.717, 1.165) is 38.5 Å². The zero-order valence-electron chi connectivity index (χ0n) is 42.8. The summed E-state index contributed by atoms with van der Waals surface area (Å²) in [6.45, 7) is 4.96. The third kappa shape index (κ3) is 50.1. The van der Waals surface area contributed by atoms with Gasteiger partial charge in [0.2, 0.25) is 5.91 Å². The van der Waals surface area contributed by atoms with Crippen LogP contribution in [0, 0.1) is 0 Å². The largest absolute Gasteiger partial charge is 0.466 e. The van der Waals surface area contributed by atoms with Crippen LogP contribution in [0.3, 0.4) is 0 Å². The van der Waals surface area contributed by atoms with Crippen molar-refractivity contribution in [2.24, 2.45) is 0 Å². The van der Waals surface area contributed by atoms with Gasteiger partial charge >= 0.3 is 5.97 Å². The molecule has 0 rings (SSSR count). The van der Waals surface area contributed by atoms with Crippen LogP contribution in [0.5, 0.6) is 0 Å². The second-order valence-electron chi connectivity index (χ2n) is 20.0. The molecule has 63 heavy (non-hydrogen) atoms. The fourth-order valence-electron chi connectivity index (χ4n) is 9.23. The number of aliphatic hydroxyl groups is 2. The molecule has 0 aliphatic carbocycles. The number of nitrogens with one attached hydrogen (secondary N) is 1. The van der Waals surface area contributed by atoms with Crippen molar-refractivity contribution < 1.29 is 24.5 Å². The summed E-state index contributed by atoms with van der Waals surface area (Å²) in [4.78, 5) is 24.5. The topological polar surface area (TPSA) is 95.9 Å². The van der Waals surface area contributed by atoms with Gasteiger partial charge in [0, 0.05) is 12.8 Å². The zero-order chi connectivity index (χ0) is 45.8. The summed E-state index contributed by atoms with van der Waals surface area (Å²) < 4.78 is 5.48. The van der Waals surface area contributed by atoms with Gasteiger partial charge in [0.25, 0.3) is 0 Å². The van der Waals surface area contributed by atoms with Gasteiger partial charge in [-0.05, 0) is 25.7 Å². The number of rotatable bonds is 54. The maximum Gasteiger partial charge on any atom is 0.305 e. The van der Waals surface area contributed by atoms with Crippen molar-refractivity contribution in [3.05, 3.63) is 0 Å². The Labute approximate surface area is 394 Å². The number of unbranched alkanes of at least 4 members (excludes halogenated alkanes) is 43. The van der Waals surface area contributed by atoms with Crippen LogP contribution in [0.15, 0.2) is 0 Å². The smallest absolute Gasteiger partial charge is 0.305 e. The minimum absolute atomic E-state index is 0.0142. The molecule has 0 fully saturated rings. The van der Waals surface area contributed by atoms with Crippen molar-refractivity contribution >= 4 is 11.9 Å². The first-order valence-corrected chi connectivity index (χ1v) is 28.8. The predicted molar refractivity (Wildman–Crippen MR) is 274 cm³/mol. The maximum atomic E-state index is 12.4. The first-order chi connectivity index (χ1) is 31.0. The molecule has 6 nitrogen and oxygen atoms in total. The minimum Gasteiger partial charge on any atom is -0.466 e. The second-order valence-corrected chi connectivity index (χ2v) is 20.0. The summed E-state index contributed by atoms with van der Waals surface area (Å²) in [7, 11) is 0. The lowest BCUT2D eigenvalue weighted by atomic mass is 10.0. The monoisotopic (exact) mass is 892 g/mol. The average molecular weight is 893 g/mol. The molecule has 0 aromatic heterocycles. The highest BCUT2D eigenvalue weighted by Crippen LogP contribution is 2.18. The summed E-state index contributed by atoms with van der Waals surface area (Å²) in [5, 5.41) is 23.2. The molecule has 0 aliphatic rings. The Morgan fingerprint density at radius 3 is 0.968 bits per heavy atom. The van der Waals surface area contributed by atoms with Gasteiger partial charge in [0.15, 0.2) is 0 Å². The fraction of sp³-hybridized carbons (Fsp3) is 0.965. The van der Waals surface area contributed by atoms with Crippen LogP contribution in [0.2, 0.25) is 0 Å². The van der Waals surface area contributed by atoms with Crippen LogP contribution in [-0.2, 0) is 14.3 Å². The van der Waals surface area contributed by atoms with E-state index in [-0.39, 0.29) is 18.5 Å². The molecule has 2 atom stereocenters. The summed E-state index contributed by atoms with van der Waals surface area (Å²) in [5.41, 5.74) is 0. The first kappa shape index (κ1) is 61.9. The lowest BCUT2D eigenvalue weighted by molar-refractivity contribution is -0.143. The van der Waals surface area contributed by atoms with Crippen LogP contribution in [0.4, 0.5) is 0 Å². The van der Waals surface area contributed by atoms with Gasteiger partial charge in [-0.2, -0.15) is 0 Å². The van der Waals surface area contributed by atoms with Gasteiger partial charge < -0.3 is 20.3 Å². The summed E-state index contributed by atoms with van der Waals surface area (Å²) in [6.07, 6.45) is 61.0. The molecule has 0 aromatic carbocycles. The fourth-order valence-corrected chi connectivity index (χ4v) is 9.23. The van der Waals surface area contributed by atoms with Crippen molar-refractivity contribution in [2.45, 2.75) is 341 Å².